The van der Waals surface area contributed by atoms with Crippen LogP contribution in [0.25, 0.3) is 11.0 Å². The molecular formula is C11H18N8O. The van der Waals surface area contributed by atoms with E-state index in [0.717, 1.165) is 11.8 Å². The first-order valence-electron chi connectivity index (χ1n) is 6.43. The van der Waals surface area contributed by atoms with Crippen molar-refractivity contribution in [1.29, 1.82) is 0 Å². The third-order valence-electron chi connectivity index (χ3n) is 2.66. The number of carbonyl (C=O) groups is 1. The number of hydrogen-bond acceptors (Lipinski definition) is 7. The number of fused-ring (bicyclic) bond motifs is 1. The molecule has 2 heterocycles. The van der Waals surface area contributed by atoms with Crippen molar-refractivity contribution in [3.8, 4) is 0 Å². The molecule has 0 radical (unpaired) electrons. The highest BCUT2D eigenvalue weighted by Gasteiger charge is 2.09. The van der Waals surface area contributed by atoms with E-state index in [1.54, 1.807) is 6.20 Å². The number of nitrogens with two attached hydrogens (primary N) is 1. The predicted octanol–water partition coefficient (Wildman–Crippen LogP) is -0.0333. The van der Waals surface area contributed by atoms with Crippen molar-refractivity contribution >= 4 is 28.7 Å². The van der Waals surface area contributed by atoms with Gasteiger partial charge in [-0.1, -0.05) is 6.92 Å². The van der Waals surface area contributed by atoms with Crippen molar-refractivity contribution in [2.45, 2.75) is 19.8 Å². The largest absolute Gasteiger partial charge is 0.369 e. The van der Waals surface area contributed by atoms with E-state index >= 15 is 0 Å². The molecule has 9 nitrogen and oxygen atoms in total. The van der Waals surface area contributed by atoms with Crippen LogP contribution >= 0.6 is 0 Å². The van der Waals surface area contributed by atoms with Gasteiger partial charge < -0.3 is 10.6 Å². The minimum absolute atomic E-state index is 0.00835. The molecule has 0 spiro atoms. The second-order valence-electron chi connectivity index (χ2n) is 4.20. The zero-order chi connectivity index (χ0) is 14.4. The van der Waals surface area contributed by atoms with Crippen molar-refractivity contribution in [3.63, 3.8) is 0 Å². The van der Waals surface area contributed by atoms with Crippen LogP contribution < -0.4 is 21.9 Å². The molecule has 0 aliphatic heterocycles. The van der Waals surface area contributed by atoms with Gasteiger partial charge in [-0.2, -0.15) is 15.1 Å². The zero-order valence-corrected chi connectivity index (χ0v) is 11.2. The van der Waals surface area contributed by atoms with E-state index in [9.17, 15) is 4.79 Å². The second kappa shape index (κ2) is 6.66. The molecule has 0 aromatic carbocycles. The second-order valence-corrected chi connectivity index (χ2v) is 4.20. The van der Waals surface area contributed by atoms with Crippen molar-refractivity contribution in [1.82, 2.24) is 25.5 Å². The molecule has 0 saturated heterocycles. The molecule has 0 atom stereocenters. The molecule has 2 aromatic heterocycles. The molecule has 2 rings (SSSR count). The summed E-state index contributed by atoms with van der Waals surface area (Å²) in [5.74, 6) is 6.18. The van der Waals surface area contributed by atoms with Crippen LogP contribution in [0.1, 0.15) is 19.8 Å². The maximum Gasteiger partial charge on any atom is 0.241 e. The van der Waals surface area contributed by atoms with Crippen molar-refractivity contribution < 1.29 is 4.79 Å². The number of nitrogens with zero attached hydrogens (tertiary/aromatic N) is 3. The lowest BCUT2D eigenvalue weighted by Crippen LogP contribution is -2.26. The minimum atomic E-state index is 0.00835. The number of aromatic nitrogens is 4. The smallest absolute Gasteiger partial charge is 0.241 e. The number of nitrogens with one attached hydrogen (secondary N) is 4. The molecule has 0 bridgehead atoms. The molecule has 0 unspecified atom stereocenters. The van der Waals surface area contributed by atoms with Gasteiger partial charge in [-0.05, 0) is 6.42 Å². The van der Waals surface area contributed by atoms with Gasteiger partial charge >= 0.3 is 0 Å². The molecule has 20 heavy (non-hydrogen) atoms. The third-order valence-corrected chi connectivity index (χ3v) is 2.66. The Hall–Kier alpha value is -2.42. The normalized spacial score (nSPS) is 10.5. The molecule has 9 heteroatoms. The molecule has 1 amide bonds. The van der Waals surface area contributed by atoms with Crippen molar-refractivity contribution in [2.24, 2.45) is 5.84 Å². The summed E-state index contributed by atoms with van der Waals surface area (Å²) in [6.45, 7) is 3.17. The number of hydrogen-bond donors (Lipinski definition) is 5. The maximum absolute atomic E-state index is 11.5. The summed E-state index contributed by atoms with van der Waals surface area (Å²) in [7, 11) is 0. The molecule has 0 aliphatic carbocycles. The van der Waals surface area contributed by atoms with Crippen LogP contribution in [-0.2, 0) is 4.79 Å². The molecular weight excluding hydrogens is 260 g/mol. The van der Waals surface area contributed by atoms with Gasteiger partial charge in [0.05, 0.1) is 11.6 Å². The van der Waals surface area contributed by atoms with Gasteiger partial charge in [0.2, 0.25) is 11.9 Å². The minimum Gasteiger partial charge on any atom is -0.369 e. The average molecular weight is 278 g/mol. The van der Waals surface area contributed by atoms with Crippen LogP contribution in [0.3, 0.4) is 0 Å². The van der Waals surface area contributed by atoms with E-state index in [1.807, 2.05) is 6.92 Å². The predicted molar refractivity (Wildman–Crippen MR) is 75.9 cm³/mol. The highest BCUT2D eigenvalue weighted by molar-refractivity contribution is 5.87. The third kappa shape index (κ3) is 3.32. The van der Waals surface area contributed by atoms with Crippen LogP contribution in [0.15, 0.2) is 6.20 Å². The molecule has 6 N–H and O–H groups in total. The molecule has 0 saturated carbocycles. The van der Waals surface area contributed by atoms with Crippen LogP contribution in [0, 0.1) is 0 Å². The van der Waals surface area contributed by atoms with Gasteiger partial charge in [-0.25, -0.2) is 5.84 Å². The Balaban J connectivity index is 1.98. The first-order chi connectivity index (χ1) is 9.74. The SMILES string of the molecule is CCCNC(=O)CCNc1nc(NN)nc2[nH]ncc12. The molecule has 2 aromatic rings. The summed E-state index contributed by atoms with van der Waals surface area (Å²) in [6.07, 6.45) is 2.91. The lowest BCUT2D eigenvalue weighted by molar-refractivity contribution is -0.120. The number of hydrazine groups is 1. The lowest BCUT2D eigenvalue weighted by atomic mass is 10.3. The fourth-order valence-electron chi connectivity index (χ4n) is 1.68. The van der Waals surface area contributed by atoms with Gasteiger partial charge in [-0.3, -0.25) is 15.3 Å². The van der Waals surface area contributed by atoms with Crippen LogP contribution in [-0.4, -0.2) is 39.2 Å². The summed E-state index contributed by atoms with van der Waals surface area (Å²) in [5, 5.41) is 13.3. The van der Waals surface area contributed by atoms with E-state index in [4.69, 9.17) is 5.84 Å². The van der Waals surface area contributed by atoms with Gasteiger partial charge in [0.15, 0.2) is 5.65 Å². The maximum atomic E-state index is 11.5. The Bertz CT molecular complexity index is 581. The van der Waals surface area contributed by atoms with E-state index in [-0.39, 0.29) is 11.9 Å². The Labute approximate surface area is 115 Å². The number of carbonyl (C=O) groups excluding carboxylic acids is 1. The van der Waals surface area contributed by atoms with Gasteiger partial charge in [0, 0.05) is 19.5 Å². The average Bonchev–Trinajstić information content (AvgIpc) is 2.93. The highest BCUT2D eigenvalue weighted by atomic mass is 16.1. The zero-order valence-electron chi connectivity index (χ0n) is 11.2. The fraction of sp³-hybridized carbons (Fsp3) is 0.455. The summed E-state index contributed by atoms with van der Waals surface area (Å²) >= 11 is 0. The first kappa shape index (κ1) is 14.0. The topological polar surface area (TPSA) is 134 Å². The Kier molecular flexibility index (Phi) is 4.66. The lowest BCUT2D eigenvalue weighted by Gasteiger charge is -2.08. The summed E-state index contributed by atoms with van der Waals surface area (Å²) in [5.41, 5.74) is 2.96. The number of aromatic amines is 1. The van der Waals surface area contributed by atoms with E-state index in [0.29, 0.717) is 31.0 Å². The monoisotopic (exact) mass is 278 g/mol. The number of amides is 1. The number of anilines is 2. The van der Waals surface area contributed by atoms with E-state index in [1.165, 1.54) is 0 Å². The number of nitrogen functional groups attached to an aromatic ring is 1. The number of H-pyrrole nitrogens is 1. The standard InChI is InChI=1S/C11H18N8O/c1-2-4-13-8(20)3-5-14-9-7-6-15-19-10(7)17-11(16-9)18-12/h6H,2-5,12H2,1H3,(H,13,20)(H3,14,15,16,17,18,19). The summed E-state index contributed by atoms with van der Waals surface area (Å²) in [4.78, 5) is 19.8. The molecule has 108 valence electrons. The van der Waals surface area contributed by atoms with Crippen LogP contribution in [0.2, 0.25) is 0 Å². The highest BCUT2D eigenvalue weighted by Crippen LogP contribution is 2.19. The van der Waals surface area contributed by atoms with Gasteiger partial charge in [0.1, 0.15) is 5.82 Å². The van der Waals surface area contributed by atoms with E-state index < -0.39 is 0 Å². The van der Waals surface area contributed by atoms with Gasteiger partial charge in [0.25, 0.3) is 0 Å². The first-order valence-corrected chi connectivity index (χ1v) is 6.43. The van der Waals surface area contributed by atoms with Crippen LogP contribution in [0.4, 0.5) is 11.8 Å². The quantitative estimate of drug-likeness (QED) is 0.354. The Morgan fingerprint density at radius 3 is 3.00 bits per heavy atom. The van der Waals surface area contributed by atoms with Crippen molar-refractivity contribution in [2.75, 3.05) is 23.8 Å². The van der Waals surface area contributed by atoms with Crippen LogP contribution in [0.5, 0.6) is 0 Å². The van der Waals surface area contributed by atoms with Gasteiger partial charge in [-0.15, -0.1) is 0 Å². The summed E-state index contributed by atoms with van der Waals surface area (Å²) in [6, 6.07) is 0. The van der Waals surface area contributed by atoms with Crippen molar-refractivity contribution in [3.05, 3.63) is 6.20 Å². The Morgan fingerprint density at radius 2 is 2.25 bits per heavy atom. The number of rotatable bonds is 7. The molecule has 0 aliphatic rings. The Morgan fingerprint density at radius 1 is 1.40 bits per heavy atom. The molecule has 0 fully saturated rings. The van der Waals surface area contributed by atoms with E-state index in [2.05, 4.69) is 36.2 Å². The fourth-order valence-corrected chi connectivity index (χ4v) is 1.68. The summed E-state index contributed by atoms with van der Waals surface area (Å²) < 4.78 is 0.